The van der Waals surface area contributed by atoms with Crippen LogP contribution in [0.3, 0.4) is 0 Å². The highest BCUT2D eigenvalue weighted by Gasteiger charge is 2.26. The third-order valence-electron chi connectivity index (χ3n) is 4.46. The first-order valence-corrected chi connectivity index (χ1v) is 8.30. The van der Waals surface area contributed by atoms with Gasteiger partial charge in [0.1, 0.15) is 0 Å². The Hall–Kier alpha value is -1.88. The molecular weight excluding hydrogens is 292 g/mol. The molecule has 1 aliphatic heterocycles. The molecule has 126 valence electrons. The van der Waals surface area contributed by atoms with Gasteiger partial charge in [0.2, 0.25) is 0 Å². The number of hydrogen-bond acceptors (Lipinski definition) is 5. The maximum Gasteiger partial charge on any atom is 0.309 e. The van der Waals surface area contributed by atoms with Crippen molar-refractivity contribution in [3.05, 3.63) is 29.8 Å². The van der Waals surface area contributed by atoms with Crippen molar-refractivity contribution < 1.29 is 14.3 Å². The molecule has 1 heterocycles. The van der Waals surface area contributed by atoms with E-state index in [9.17, 15) is 9.59 Å². The summed E-state index contributed by atoms with van der Waals surface area (Å²) in [7, 11) is 1.78. The van der Waals surface area contributed by atoms with Gasteiger partial charge in [-0.3, -0.25) is 9.59 Å². The molecule has 0 spiro atoms. The van der Waals surface area contributed by atoms with Crippen LogP contribution >= 0.6 is 0 Å². The summed E-state index contributed by atoms with van der Waals surface area (Å²) < 4.78 is 5.10. The number of esters is 1. The predicted molar refractivity (Wildman–Crippen MR) is 90.9 cm³/mol. The second-order valence-corrected chi connectivity index (χ2v) is 5.93. The lowest BCUT2D eigenvalue weighted by Gasteiger charge is -2.32. The number of rotatable bonds is 6. The Balaban J connectivity index is 1.94. The summed E-state index contributed by atoms with van der Waals surface area (Å²) in [6.07, 6.45) is 1.63. The first kappa shape index (κ1) is 17.5. The Morgan fingerprint density at radius 2 is 1.87 bits per heavy atom. The van der Waals surface area contributed by atoms with Crippen LogP contribution in [0, 0.1) is 5.92 Å². The van der Waals surface area contributed by atoms with E-state index in [4.69, 9.17) is 4.74 Å². The van der Waals surface area contributed by atoms with E-state index in [0.29, 0.717) is 6.61 Å². The highest BCUT2D eigenvalue weighted by atomic mass is 16.5. The van der Waals surface area contributed by atoms with Gasteiger partial charge < -0.3 is 15.0 Å². The monoisotopic (exact) mass is 318 g/mol. The van der Waals surface area contributed by atoms with E-state index in [1.807, 2.05) is 38.1 Å². The highest BCUT2D eigenvalue weighted by molar-refractivity contribution is 6.00. The maximum atomic E-state index is 12.1. The minimum atomic E-state index is -0.179. The third kappa shape index (κ3) is 4.32. The van der Waals surface area contributed by atoms with Crippen molar-refractivity contribution >= 4 is 17.4 Å². The summed E-state index contributed by atoms with van der Waals surface area (Å²) in [6.45, 7) is 5.81. The van der Waals surface area contributed by atoms with Gasteiger partial charge in [0.25, 0.3) is 0 Å². The van der Waals surface area contributed by atoms with Crippen molar-refractivity contribution in [3.8, 4) is 0 Å². The molecule has 1 atom stereocenters. The normalized spacial score (nSPS) is 16.9. The summed E-state index contributed by atoms with van der Waals surface area (Å²) in [6, 6.07) is 7.55. The molecule has 1 aromatic carbocycles. The van der Waals surface area contributed by atoms with Crippen LogP contribution in [0.5, 0.6) is 0 Å². The molecule has 0 amide bonds. The van der Waals surface area contributed by atoms with E-state index in [2.05, 4.69) is 10.2 Å². The molecule has 1 saturated heterocycles. The number of likely N-dealkylation sites (N-methyl/N-ethyl adjacent to an activating group) is 1. The standard InChI is InChI=1S/C18H26N2O3/c1-4-23-18(22)15-9-11-20(12-10-15)16-7-5-14(6-8-16)17(21)13(2)19-3/h5-8,13,15,19H,4,9-12H2,1-3H3. The number of nitrogens with one attached hydrogen (secondary N) is 1. The quantitative estimate of drug-likeness (QED) is 0.644. The molecule has 1 aliphatic rings. The Labute approximate surface area is 138 Å². The van der Waals surface area contributed by atoms with Gasteiger partial charge in [0, 0.05) is 24.3 Å². The summed E-state index contributed by atoms with van der Waals surface area (Å²) in [4.78, 5) is 26.1. The van der Waals surface area contributed by atoms with Crippen LogP contribution in [-0.4, -0.2) is 44.5 Å². The van der Waals surface area contributed by atoms with Gasteiger partial charge in [0.15, 0.2) is 5.78 Å². The van der Waals surface area contributed by atoms with Gasteiger partial charge in [-0.2, -0.15) is 0 Å². The number of ether oxygens (including phenoxy) is 1. The third-order valence-corrected chi connectivity index (χ3v) is 4.46. The number of anilines is 1. The molecule has 1 N–H and O–H groups in total. The van der Waals surface area contributed by atoms with Crippen LogP contribution in [0.15, 0.2) is 24.3 Å². The molecule has 0 aromatic heterocycles. The fourth-order valence-corrected chi connectivity index (χ4v) is 2.85. The van der Waals surface area contributed by atoms with Crippen LogP contribution in [0.4, 0.5) is 5.69 Å². The van der Waals surface area contributed by atoms with Crippen molar-refractivity contribution in [2.24, 2.45) is 5.92 Å². The molecule has 1 aromatic rings. The zero-order valence-corrected chi connectivity index (χ0v) is 14.2. The van der Waals surface area contributed by atoms with E-state index >= 15 is 0 Å². The van der Waals surface area contributed by atoms with Crippen molar-refractivity contribution in [1.82, 2.24) is 5.32 Å². The molecule has 0 bridgehead atoms. The Bertz CT molecular complexity index is 534. The van der Waals surface area contributed by atoms with Crippen LogP contribution in [0.25, 0.3) is 0 Å². The lowest BCUT2D eigenvalue weighted by Crippen LogP contribution is -2.37. The van der Waals surface area contributed by atoms with E-state index in [0.717, 1.165) is 37.2 Å². The summed E-state index contributed by atoms with van der Waals surface area (Å²) in [5, 5.41) is 2.96. The minimum Gasteiger partial charge on any atom is -0.466 e. The summed E-state index contributed by atoms with van der Waals surface area (Å²) in [5.74, 6) is 0.0396. The van der Waals surface area contributed by atoms with Crippen molar-refractivity contribution in [2.75, 3.05) is 31.6 Å². The number of Topliss-reactive ketones (excluding diaryl/α,β-unsaturated/α-hetero) is 1. The highest BCUT2D eigenvalue weighted by Crippen LogP contribution is 2.24. The lowest BCUT2D eigenvalue weighted by molar-refractivity contribution is -0.148. The average molecular weight is 318 g/mol. The van der Waals surface area contributed by atoms with Gasteiger partial charge in [0.05, 0.1) is 18.6 Å². The Morgan fingerprint density at radius 1 is 1.26 bits per heavy atom. The van der Waals surface area contributed by atoms with Crippen LogP contribution in [-0.2, 0) is 9.53 Å². The number of piperidine rings is 1. The minimum absolute atomic E-state index is 0.0172. The van der Waals surface area contributed by atoms with Crippen LogP contribution in [0.2, 0.25) is 0 Å². The van der Waals surface area contributed by atoms with Crippen molar-refractivity contribution in [2.45, 2.75) is 32.7 Å². The Morgan fingerprint density at radius 3 is 2.39 bits per heavy atom. The zero-order chi connectivity index (χ0) is 16.8. The van der Waals surface area contributed by atoms with Crippen molar-refractivity contribution in [1.29, 1.82) is 0 Å². The molecule has 5 nitrogen and oxygen atoms in total. The van der Waals surface area contributed by atoms with E-state index in [1.54, 1.807) is 7.05 Å². The maximum absolute atomic E-state index is 12.1. The van der Waals surface area contributed by atoms with Gasteiger partial charge >= 0.3 is 5.97 Å². The molecule has 5 heteroatoms. The lowest BCUT2D eigenvalue weighted by atomic mass is 9.96. The average Bonchev–Trinajstić information content (AvgIpc) is 2.61. The van der Waals surface area contributed by atoms with E-state index in [-0.39, 0.29) is 23.7 Å². The van der Waals surface area contributed by atoms with Gasteiger partial charge in [-0.1, -0.05) is 0 Å². The van der Waals surface area contributed by atoms with Gasteiger partial charge in [-0.15, -0.1) is 0 Å². The number of carbonyl (C=O) groups is 2. The topological polar surface area (TPSA) is 58.6 Å². The largest absolute Gasteiger partial charge is 0.466 e. The van der Waals surface area contributed by atoms with Crippen molar-refractivity contribution in [3.63, 3.8) is 0 Å². The second kappa shape index (κ2) is 8.11. The van der Waals surface area contributed by atoms with Gasteiger partial charge in [-0.05, 0) is 58.0 Å². The fourth-order valence-electron chi connectivity index (χ4n) is 2.85. The number of nitrogens with zero attached hydrogens (tertiary/aromatic N) is 1. The molecule has 0 saturated carbocycles. The molecular formula is C18H26N2O3. The SMILES string of the molecule is CCOC(=O)C1CCN(c2ccc(C(=O)C(C)NC)cc2)CC1. The van der Waals surface area contributed by atoms with E-state index in [1.165, 1.54) is 0 Å². The molecule has 1 fully saturated rings. The van der Waals surface area contributed by atoms with E-state index < -0.39 is 0 Å². The number of ketones is 1. The van der Waals surface area contributed by atoms with Crippen LogP contribution in [0.1, 0.15) is 37.0 Å². The first-order chi connectivity index (χ1) is 11.1. The Kier molecular flexibility index (Phi) is 6.16. The molecule has 0 radical (unpaired) electrons. The molecule has 23 heavy (non-hydrogen) atoms. The first-order valence-electron chi connectivity index (χ1n) is 8.30. The number of carbonyl (C=O) groups excluding carboxylic acids is 2. The van der Waals surface area contributed by atoms with Gasteiger partial charge in [-0.25, -0.2) is 0 Å². The summed E-state index contributed by atoms with van der Waals surface area (Å²) in [5.41, 5.74) is 1.82. The van der Waals surface area contributed by atoms with Crippen LogP contribution < -0.4 is 10.2 Å². The molecule has 1 unspecified atom stereocenters. The fraction of sp³-hybridized carbons (Fsp3) is 0.556. The zero-order valence-electron chi connectivity index (χ0n) is 14.2. The number of hydrogen-bond donors (Lipinski definition) is 1. The smallest absolute Gasteiger partial charge is 0.309 e. The predicted octanol–water partition coefficient (Wildman–Crippen LogP) is 2.26. The second-order valence-electron chi connectivity index (χ2n) is 5.93. The summed E-state index contributed by atoms with van der Waals surface area (Å²) >= 11 is 0. The molecule has 2 rings (SSSR count). The molecule has 0 aliphatic carbocycles. The number of benzene rings is 1.